The molecule has 20 heavy (non-hydrogen) atoms. The normalized spacial score (nSPS) is 10.4. The molecule has 5 heteroatoms. The third kappa shape index (κ3) is 3.67. The molecule has 0 saturated carbocycles. The molecule has 0 aromatic heterocycles. The van der Waals surface area contributed by atoms with E-state index in [0.29, 0.717) is 16.6 Å². The smallest absolute Gasteiger partial charge is 0.253 e. The Morgan fingerprint density at radius 2 is 1.95 bits per heavy atom. The Kier molecular flexibility index (Phi) is 4.94. The average Bonchev–Trinajstić information content (AvgIpc) is 2.41. The third-order valence-electron chi connectivity index (χ3n) is 2.82. The fourth-order valence-corrected chi connectivity index (χ4v) is 2.66. The van der Waals surface area contributed by atoms with E-state index in [1.54, 1.807) is 11.9 Å². The van der Waals surface area contributed by atoms with Gasteiger partial charge in [0.2, 0.25) is 0 Å². The summed E-state index contributed by atoms with van der Waals surface area (Å²) >= 11 is 6.49. The SMILES string of the molecule is CN(Cc1cccc(Br)c1)C(=O)c1ccc(F)c(Br)c1. The largest absolute Gasteiger partial charge is 0.337 e. The van der Waals surface area contributed by atoms with Crippen molar-refractivity contribution in [2.45, 2.75) is 6.54 Å². The highest BCUT2D eigenvalue weighted by atomic mass is 79.9. The van der Waals surface area contributed by atoms with Gasteiger partial charge in [0.1, 0.15) is 5.82 Å². The molecule has 0 unspecified atom stereocenters. The van der Waals surface area contributed by atoms with Crippen molar-refractivity contribution in [3.8, 4) is 0 Å². The van der Waals surface area contributed by atoms with E-state index in [-0.39, 0.29) is 11.7 Å². The molecule has 0 fully saturated rings. The summed E-state index contributed by atoms with van der Waals surface area (Å²) in [6.07, 6.45) is 0. The second-order valence-electron chi connectivity index (χ2n) is 4.42. The van der Waals surface area contributed by atoms with Gasteiger partial charge in [0.15, 0.2) is 0 Å². The second kappa shape index (κ2) is 6.50. The maximum Gasteiger partial charge on any atom is 0.253 e. The zero-order valence-corrected chi connectivity index (χ0v) is 13.9. The number of halogens is 3. The van der Waals surface area contributed by atoms with Crippen LogP contribution in [0.25, 0.3) is 0 Å². The van der Waals surface area contributed by atoms with E-state index in [1.165, 1.54) is 18.2 Å². The summed E-state index contributed by atoms with van der Waals surface area (Å²) in [5.74, 6) is -0.526. The van der Waals surface area contributed by atoms with Crippen LogP contribution >= 0.6 is 31.9 Å². The van der Waals surface area contributed by atoms with Gasteiger partial charge in [-0.3, -0.25) is 4.79 Å². The van der Waals surface area contributed by atoms with Crippen molar-refractivity contribution in [3.05, 3.63) is 68.4 Å². The van der Waals surface area contributed by atoms with Crippen molar-refractivity contribution < 1.29 is 9.18 Å². The molecule has 1 amide bonds. The van der Waals surface area contributed by atoms with E-state index in [9.17, 15) is 9.18 Å². The van der Waals surface area contributed by atoms with E-state index < -0.39 is 0 Å². The van der Waals surface area contributed by atoms with Crippen LogP contribution in [0.15, 0.2) is 51.4 Å². The first kappa shape index (κ1) is 15.2. The summed E-state index contributed by atoms with van der Waals surface area (Å²) in [7, 11) is 1.72. The maximum atomic E-state index is 13.2. The van der Waals surface area contributed by atoms with E-state index in [1.807, 2.05) is 24.3 Å². The van der Waals surface area contributed by atoms with Gasteiger partial charge in [-0.05, 0) is 51.8 Å². The first-order valence-electron chi connectivity index (χ1n) is 5.92. The molecular weight excluding hydrogens is 389 g/mol. The van der Waals surface area contributed by atoms with Crippen molar-refractivity contribution in [1.82, 2.24) is 4.90 Å². The topological polar surface area (TPSA) is 20.3 Å². The number of rotatable bonds is 3. The Hall–Kier alpha value is -1.20. The highest BCUT2D eigenvalue weighted by Crippen LogP contribution is 2.19. The van der Waals surface area contributed by atoms with Crippen molar-refractivity contribution in [3.63, 3.8) is 0 Å². The first-order chi connectivity index (χ1) is 9.47. The molecule has 0 aliphatic rings. The minimum atomic E-state index is -0.379. The predicted octanol–water partition coefficient (Wildman–Crippen LogP) is 4.62. The van der Waals surface area contributed by atoms with Crippen molar-refractivity contribution in [2.75, 3.05) is 7.05 Å². The molecular formula is C15H12Br2FNO. The summed E-state index contributed by atoms with van der Waals surface area (Å²) in [5, 5.41) is 0. The molecule has 0 aliphatic carbocycles. The van der Waals surface area contributed by atoms with Gasteiger partial charge in [-0.2, -0.15) is 0 Å². The quantitative estimate of drug-likeness (QED) is 0.735. The molecule has 2 aromatic rings. The Labute approximate surface area is 133 Å². The van der Waals surface area contributed by atoms with Gasteiger partial charge in [-0.15, -0.1) is 0 Å². The number of carbonyl (C=O) groups is 1. The highest BCUT2D eigenvalue weighted by Gasteiger charge is 2.13. The van der Waals surface area contributed by atoms with Crippen molar-refractivity contribution >= 4 is 37.8 Å². The zero-order valence-electron chi connectivity index (χ0n) is 10.7. The van der Waals surface area contributed by atoms with Crippen LogP contribution in [0, 0.1) is 5.82 Å². The fourth-order valence-electron chi connectivity index (χ4n) is 1.83. The Morgan fingerprint density at radius 3 is 2.60 bits per heavy atom. The second-order valence-corrected chi connectivity index (χ2v) is 6.19. The van der Waals surface area contributed by atoms with Crippen LogP contribution in [0.1, 0.15) is 15.9 Å². The Balaban J connectivity index is 2.14. The Morgan fingerprint density at radius 1 is 1.20 bits per heavy atom. The summed E-state index contributed by atoms with van der Waals surface area (Å²) < 4.78 is 14.4. The first-order valence-corrected chi connectivity index (χ1v) is 7.51. The fraction of sp³-hybridized carbons (Fsp3) is 0.133. The number of nitrogens with zero attached hydrogens (tertiary/aromatic N) is 1. The maximum absolute atomic E-state index is 13.2. The van der Waals surface area contributed by atoms with Crippen LogP contribution in [0.4, 0.5) is 4.39 Å². The molecule has 104 valence electrons. The van der Waals surface area contributed by atoms with E-state index in [2.05, 4.69) is 31.9 Å². The molecule has 0 saturated heterocycles. The summed E-state index contributed by atoms with van der Waals surface area (Å²) in [6.45, 7) is 0.493. The zero-order chi connectivity index (χ0) is 14.7. The highest BCUT2D eigenvalue weighted by molar-refractivity contribution is 9.10. The standard InChI is InChI=1S/C15H12Br2FNO/c1-19(9-10-3-2-4-12(16)7-10)15(20)11-5-6-14(18)13(17)8-11/h2-8H,9H2,1H3. The van der Waals surface area contributed by atoms with Gasteiger partial charge >= 0.3 is 0 Å². The number of benzene rings is 2. The Bertz CT molecular complexity index is 646. The molecule has 0 atom stereocenters. The number of hydrogen-bond acceptors (Lipinski definition) is 1. The molecule has 0 bridgehead atoms. The molecule has 0 radical (unpaired) electrons. The van der Waals surface area contributed by atoms with Crippen molar-refractivity contribution in [2.24, 2.45) is 0 Å². The molecule has 0 spiro atoms. The lowest BCUT2D eigenvalue weighted by Crippen LogP contribution is -2.26. The summed E-state index contributed by atoms with van der Waals surface area (Å²) in [5.41, 5.74) is 1.48. The van der Waals surface area contributed by atoms with E-state index in [4.69, 9.17) is 0 Å². The van der Waals surface area contributed by atoms with Crippen LogP contribution in [0.2, 0.25) is 0 Å². The van der Waals surface area contributed by atoms with E-state index in [0.717, 1.165) is 10.0 Å². The van der Waals surface area contributed by atoms with Crippen LogP contribution in [0.5, 0.6) is 0 Å². The number of carbonyl (C=O) groups excluding carboxylic acids is 1. The van der Waals surface area contributed by atoms with Gasteiger partial charge in [0.05, 0.1) is 4.47 Å². The summed E-state index contributed by atoms with van der Waals surface area (Å²) in [4.78, 5) is 13.9. The number of amides is 1. The van der Waals surface area contributed by atoms with Crippen molar-refractivity contribution in [1.29, 1.82) is 0 Å². The molecule has 2 nitrogen and oxygen atoms in total. The molecule has 0 N–H and O–H groups in total. The summed E-state index contributed by atoms with van der Waals surface area (Å²) in [6, 6.07) is 12.0. The van der Waals surface area contributed by atoms with Crippen LogP contribution in [-0.2, 0) is 6.54 Å². The molecule has 0 heterocycles. The van der Waals surface area contributed by atoms with Crippen LogP contribution in [0.3, 0.4) is 0 Å². The average molecular weight is 401 g/mol. The molecule has 2 rings (SSSR count). The van der Waals surface area contributed by atoms with Crippen LogP contribution in [-0.4, -0.2) is 17.9 Å². The lowest BCUT2D eigenvalue weighted by atomic mass is 10.1. The third-order valence-corrected chi connectivity index (χ3v) is 3.92. The van der Waals surface area contributed by atoms with Gasteiger partial charge in [-0.1, -0.05) is 28.1 Å². The molecule has 2 aromatic carbocycles. The van der Waals surface area contributed by atoms with Gasteiger partial charge in [0, 0.05) is 23.6 Å². The van der Waals surface area contributed by atoms with Crippen LogP contribution < -0.4 is 0 Å². The minimum Gasteiger partial charge on any atom is -0.337 e. The lowest BCUT2D eigenvalue weighted by molar-refractivity contribution is 0.0785. The number of hydrogen-bond donors (Lipinski definition) is 0. The van der Waals surface area contributed by atoms with Gasteiger partial charge in [0.25, 0.3) is 5.91 Å². The minimum absolute atomic E-state index is 0.148. The predicted molar refractivity (Wildman–Crippen MR) is 84.0 cm³/mol. The monoisotopic (exact) mass is 399 g/mol. The van der Waals surface area contributed by atoms with Gasteiger partial charge in [-0.25, -0.2) is 4.39 Å². The van der Waals surface area contributed by atoms with E-state index >= 15 is 0 Å². The lowest BCUT2D eigenvalue weighted by Gasteiger charge is -2.17. The molecule has 0 aliphatic heterocycles. The van der Waals surface area contributed by atoms with Gasteiger partial charge < -0.3 is 4.90 Å².